The van der Waals surface area contributed by atoms with Crippen molar-refractivity contribution in [1.29, 1.82) is 0 Å². The van der Waals surface area contributed by atoms with Crippen LogP contribution in [0.3, 0.4) is 0 Å². The number of carbonyl (C=O) groups is 2. The number of amides is 1. The van der Waals surface area contributed by atoms with Crippen molar-refractivity contribution < 1.29 is 14.7 Å². The Labute approximate surface area is 104 Å². The van der Waals surface area contributed by atoms with Gasteiger partial charge in [-0.2, -0.15) is 0 Å². The Balaban J connectivity index is 0. The number of aldehydes is 1. The molecule has 5 heteroatoms. The molecule has 0 aromatic rings. The molecule has 5 nitrogen and oxygen atoms in total. The molecule has 3 N–H and O–H groups in total. The standard InChI is InChI=1S/C7H13NO3.C5H13N/c9-5-3-1-2-4-8-7(11)6-10;1-3-4-5-6-2/h6,9H,1-5H2,(H,8,11);6H,3-5H2,1-2H3. The summed E-state index contributed by atoms with van der Waals surface area (Å²) in [5.74, 6) is -0.575. The van der Waals surface area contributed by atoms with E-state index in [0.717, 1.165) is 25.8 Å². The van der Waals surface area contributed by atoms with Crippen LogP contribution < -0.4 is 10.6 Å². The predicted molar refractivity (Wildman–Crippen MR) is 68.8 cm³/mol. The quantitative estimate of drug-likeness (QED) is 0.314. The Bertz CT molecular complexity index is 171. The fourth-order valence-electron chi connectivity index (χ4n) is 1.02. The van der Waals surface area contributed by atoms with Gasteiger partial charge in [-0.25, -0.2) is 0 Å². The molecule has 0 atom stereocenters. The highest BCUT2D eigenvalue weighted by Gasteiger charge is 1.94. The first-order chi connectivity index (χ1) is 8.22. The molecule has 0 aliphatic carbocycles. The predicted octanol–water partition coefficient (Wildman–Crippen LogP) is 0.470. The van der Waals surface area contributed by atoms with Gasteiger partial charge in [0.15, 0.2) is 0 Å². The van der Waals surface area contributed by atoms with Crippen LogP contribution in [0.5, 0.6) is 0 Å². The minimum Gasteiger partial charge on any atom is -0.396 e. The van der Waals surface area contributed by atoms with Crippen molar-refractivity contribution in [2.24, 2.45) is 0 Å². The van der Waals surface area contributed by atoms with Crippen molar-refractivity contribution in [2.75, 3.05) is 26.7 Å². The molecule has 17 heavy (non-hydrogen) atoms. The van der Waals surface area contributed by atoms with Gasteiger partial charge in [-0.05, 0) is 39.3 Å². The van der Waals surface area contributed by atoms with E-state index in [-0.39, 0.29) is 12.9 Å². The van der Waals surface area contributed by atoms with Crippen molar-refractivity contribution in [2.45, 2.75) is 39.0 Å². The number of carbonyl (C=O) groups excluding carboxylic acids is 2. The summed E-state index contributed by atoms with van der Waals surface area (Å²) in [7, 11) is 1.98. The normalized spacial score (nSPS) is 9.12. The first-order valence-electron chi connectivity index (χ1n) is 6.21. The first-order valence-corrected chi connectivity index (χ1v) is 6.21. The summed E-state index contributed by atoms with van der Waals surface area (Å²) in [4.78, 5) is 20.1. The molecule has 0 spiro atoms. The number of aliphatic hydroxyl groups excluding tert-OH is 1. The van der Waals surface area contributed by atoms with E-state index < -0.39 is 5.91 Å². The highest BCUT2D eigenvalue weighted by Crippen LogP contribution is 1.91. The van der Waals surface area contributed by atoms with Crippen molar-refractivity contribution in [3.8, 4) is 0 Å². The number of hydrogen-bond acceptors (Lipinski definition) is 4. The fraction of sp³-hybridized carbons (Fsp3) is 0.833. The van der Waals surface area contributed by atoms with Gasteiger partial charge in [0.2, 0.25) is 6.29 Å². The Morgan fingerprint density at radius 1 is 1.18 bits per heavy atom. The molecule has 102 valence electrons. The van der Waals surface area contributed by atoms with E-state index in [1.807, 2.05) is 7.05 Å². The minimum atomic E-state index is -0.575. The third-order valence-corrected chi connectivity index (χ3v) is 2.02. The molecule has 0 saturated carbocycles. The third kappa shape index (κ3) is 21.0. The van der Waals surface area contributed by atoms with Crippen LogP contribution in [-0.2, 0) is 9.59 Å². The molecule has 0 saturated heterocycles. The summed E-state index contributed by atoms with van der Waals surface area (Å²) in [5, 5.41) is 13.8. The van der Waals surface area contributed by atoms with E-state index in [4.69, 9.17) is 5.11 Å². The number of nitrogens with one attached hydrogen (secondary N) is 2. The highest BCUT2D eigenvalue weighted by atomic mass is 16.3. The molecular weight excluding hydrogens is 220 g/mol. The van der Waals surface area contributed by atoms with Gasteiger partial charge in [0.25, 0.3) is 5.91 Å². The second-order valence-electron chi connectivity index (χ2n) is 3.65. The molecule has 0 fully saturated rings. The lowest BCUT2D eigenvalue weighted by Gasteiger charge is -1.98. The Hall–Kier alpha value is -0.940. The Morgan fingerprint density at radius 3 is 2.29 bits per heavy atom. The van der Waals surface area contributed by atoms with Crippen molar-refractivity contribution >= 4 is 12.2 Å². The van der Waals surface area contributed by atoms with E-state index >= 15 is 0 Å². The molecule has 0 aliphatic rings. The molecular formula is C12H26N2O3. The molecule has 0 aliphatic heterocycles. The van der Waals surface area contributed by atoms with Crippen LogP contribution in [0.2, 0.25) is 0 Å². The van der Waals surface area contributed by atoms with E-state index in [9.17, 15) is 9.59 Å². The third-order valence-electron chi connectivity index (χ3n) is 2.02. The molecule has 0 radical (unpaired) electrons. The molecule has 0 aromatic heterocycles. The molecule has 1 amide bonds. The maximum Gasteiger partial charge on any atom is 0.284 e. The number of hydrogen-bond donors (Lipinski definition) is 3. The van der Waals surface area contributed by atoms with Crippen LogP contribution in [-0.4, -0.2) is 44.0 Å². The van der Waals surface area contributed by atoms with E-state index in [0.29, 0.717) is 6.54 Å². The first kappa shape index (κ1) is 18.4. The molecule has 0 heterocycles. The largest absolute Gasteiger partial charge is 0.396 e. The number of rotatable bonds is 9. The van der Waals surface area contributed by atoms with Gasteiger partial charge in [0.05, 0.1) is 0 Å². The highest BCUT2D eigenvalue weighted by molar-refractivity contribution is 6.23. The van der Waals surface area contributed by atoms with E-state index in [1.165, 1.54) is 12.8 Å². The van der Waals surface area contributed by atoms with E-state index in [1.54, 1.807) is 0 Å². The lowest BCUT2D eigenvalue weighted by Crippen LogP contribution is -2.25. The summed E-state index contributed by atoms with van der Waals surface area (Å²) < 4.78 is 0. The number of unbranched alkanes of at least 4 members (excludes halogenated alkanes) is 3. The van der Waals surface area contributed by atoms with Gasteiger partial charge >= 0.3 is 0 Å². The van der Waals surface area contributed by atoms with Crippen LogP contribution in [0.4, 0.5) is 0 Å². The van der Waals surface area contributed by atoms with Gasteiger partial charge in [-0.3, -0.25) is 9.59 Å². The molecule has 0 aromatic carbocycles. The summed E-state index contributed by atoms with van der Waals surface area (Å²) in [6.07, 6.45) is 5.27. The zero-order valence-electron chi connectivity index (χ0n) is 11.0. The summed E-state index contributed by atoms with van der Waals surface area (Å²) in [6.45, 7) is 4.05. The van der Waals surface area contributed by atoms with Gasteiger partial charge in [0, 0.05) is 13.2 Å². The van der Waals surface area contributed by atoms with Gasteiger partial charge in [-0.1, -0.05) is 13.3 Å². The Kier molecular flexibility index (Phi) is 18.9. The molecule has 0 bridgehead atoms. The Morgan fingerprint density at radius 2 is 1.88 bits per heavy atom. The summed E-state index contributed by atoms with van der Waals surface area (Å²) >= 11 is 0. The monoisotopic (exact) mass is 246 g/mol. The van der Waals surface area contributed by atoms with Crippen LogP contribution in [0.1, 0.15) is 39.0 Å². The summed E-state index contributed by atoms with van der Waals surface area (Å²) in [6, 6.07) is 0. The van der Waals surface area contributed by atoms with Crippen LogP contribution >= 0.6 is 0 Å². The lowest BCUT2D eigenvalue weighted by molar-refractivity contribution is -0.131. The van der Waals surface area contributed by atoms with E-state index in [2.05, 4.69) is 17.6 Å². The lowest BCUT2D eigenvalue weighted by atomic mass is 10.2. The van der Waals surface area contributed by atoms with Crippen LogP contribution in [0, 0.1) is 0 Å². The average molecular weight is 246 g/mol. The van der Waals surface area contributed by atoms with Gasteiger partial charge < -0.3 is 15.7 Å². The van der Waals surface area contributed by atoms with Crippen LogP contribution in [0.25, 0.3) is 0 Å². The second-order valence-corrected chi connectivity index (χ2v) is 3.65. The summed E-state index contributed by atoms with van der Waals surface area (Å²) in [5.41, 5.74) is 0. The molecule has 0 rings (SSSR count). The SMILES string of the molecule is CCCCNC.O=CC(=O)NCCCCCO. The van der Waals surface area contributed by atoms with Gasteiger partial charge in [0.1, 0.15) is 0 Å². The maximum absolute atomic E-state index is 10.3. The van der Waals surface area contributed by atoms with Crippen LogP contribution in [0.15, 0.2) is 0 Å². The second kappa shape index (κ2) is 17.5. The topological polar surface area (TPSA) is 78.4 Å². The van der Waals surface area contributed by atoms with Crippen molar-refractivity contribution in [3.05, 3.63) is 0 Å². The zero-order valence-corrected chi connectivity index (χ0v) is 11.0. The van der Waals surface area contributed by atoms with Gasteiger partial charge in [-0.15, -0.1) is 0 Å². The van der Waals surface area contributed by atoms with Crippen molar-refractivity contribution in [3.63, 3.8) is 0 Å². The average Bonchev–Trinajstić information content (AvgIpc) is 2.36. The molecule has 0 unspecified atom stereocenters. The smallest absolute Gasteiger partial charge is 0.284 e. The number of aliphatic hydroxyl groups is 1. The zero-order chi connectivity index (χ0) is 13.4. The minimum absolute atomic E-state index is 0.182. The fourth-order valence-corrected chi connectivity index (χ4v) is 1.02. The van der Waals surface area contributed by atoms with Crippen molar-refractivity contribution in [1.82, 2.24) is 10.6 Å². The maximum atomic E-state index is 10.3.